The summed E-state index contributed by atoms with van der Waals surface area (Å²) in [5, 5.41) is 9.40. The van der Waals surface area contributed by atoms with Gasteiger partial charge in [-0.2, -0.15) is 5.26 Å². The third kappa shape index (κ3) is 3.99. The zero-order valence-corrected chi connectivity index (χ0v) is 16.9. The fraction of sp³-hybridized carbons (Fsp3) is 0.160. The number of ketones is 1. The maximum absolute atomic E-state index is 12.8. The van der Waals surface area contributed by atoms with E-state index in [2.05, 4.69) is 6.07 Å². The molecule has 1 amide bonds. The maximum atomic E-state index is 12.8. The lowest BCUT2D eigenvalue weighted by Crippen LogP contribution is -2.22. The van der Waals surface area contributed by atoms with Crippen molar-refractivity contribution in [2.24, 2.45) is 5.73 Å². The fourth-order valence-corrected chi connectivity index (χ4v) is 3.64. The number of fused-ring (bicyclic) bond motifs is 1. The number of ether oxygens (including phenoxy) is 2. The Balaban J connectivity index is 1.58. The number of Topliss-reactive ketones (excluding diaryl/α,β-unsaturated/α-hetero) is 1. The first-order valence-electron chi connectivity index (χ1n) is 9.82. The standard InChI is InChI=1S/C25H20N2O4/c1-15-22(30-14-16-6-8-17(9-7-16)25(27)29)11-10-20-21(28)12-23(31-24(15)20)19-5-3-2-4-18(19)13-26/h2-11,23H,12,14H2,1H3,(H2,27,29). The van der Waals surface area contributed by atoms with E-state index >= 15 is 0 Å². The van der Waals surface area contributed by atoms with Crippen molar-refractivity contribution in [1.82, 2.24) is 0 Å². The number of hydrogen-bond donors (Lipinski definition) is 1. The molecule has 31 heavy (non-hydrogen) atoms. The van der Waals surface area contributed by atoms with E-state index in [0.717, 1.165) is 11.1 Å². The van der Waals surface area contributed by atoms with E-state index in [9.17, 15) is 14.9 Å². The summed E-state index contributed by atoms with van der Waals surface area (Å²) >= 11 is 0. The van der Waals surface area contributed by atoms with Gasteiger partial charge >= 0.3 is 0 Å². The predicted molar refractivity (Wildman–Crippen MR) is 114 cm³/mol. The number of carbonyl (C=O) groups is 2. The van der Waals surface area contributed by atoms with Crippen LogP contribution < -0.4 is 15.2 Å². The Kier molecular flexibility index (Phi) is 5.42. The van der Waals surface area contributed by atoms with Crippen molar-refractivity contribution < 1.29 is 19.1 Å². The summed E-state index contributed by atoms with van der Waals surface area (Å²) in [7, 11) is 0. The molecule has 3 aromatic carbocycles. The van der Waals surface area contributed by atoms with Crippen LogP contribution in [0.3, 0.4) is 0 Å². The van der Waals surface area contributed by atoms with Crippen molar-refractivity contribution in [2.45, 2.75) is 26.1 Å². The summed E-state index contributed by atoms with van der Waals surface area (Å²) in [6, 6.07) is 19.6. The fourth-order valence-electron chi connectivity index (χ4n) is 3.64. The Morgan fingerprint density at radius 1 is 1.16 bits per heavy atom. The molecule has 2 N–H and O–H groups in total. The van der Waals surface area contributed by atoms with Crippen LogP contribution >= 0.6 is 0 Å². The molecule has 0 radical (unpaired) electrons. The predicted octanol–water partition coefficient (Wildman–Crippen LogP) is 4.25. The minimum Gasteiger partial charge on any atom is -0.488 e. The Morgan fingerprint density at radius 2 is 1.90 bits per heavy atom. The molecule has 0 bridgehead atoms. The summed E-state index contributed by atoms with van der Waals surface area (Å²) in [6.45, 7) is 2.13. The van der Waals surface area contributed by atoms with Crippen molar-refractivity contribution in [3.63, 3.8) is 0 Å². The van der Waals surface area contributed by atoms with Gasteiger partial charge in [0, 0.05) is 16.7 Å². The molecule has 1 aliphatic heterocycles. The first-order valence-corrected chi connectivity index (χ1v) is 9.82. The van der Waals surface area contributed by atoms with Crippen LogP contribution in [-0.4, -0.2) is 11.7 Å². The molecule has 0 saturated heterocycles. The molecule has 4 rings (SSSR count). The number of rotatable bonds is 5. The van der Waals surface area contributed by atoms with Crippen molar-refractivity contribution in [1.29, 1.82) is 5.26 Å². The highest BCUT2D eigenvalue weighted by Gasteiger charge is 2.31. The van der Waals surface area contributed by atoms with Gasteiger partial charge in [-0.05, 0) is 42.8 Å². The normalized spacial score (nSPS) is 14.8. The van der Waals surface area contributed by atoms with Gasteiger partial charge in [-0.3, -0.25) is 9.59 Å². The molecular weight excluding hydrogens is 392 g/mol. The van der Waals surface area contributed by atoms with Crippen LogP contribution in [0.5, 0.6) is 11.5 Å². The number of nitriles is 1. The molecule has 1 aliphatic rings. The lowest BCUT2D eigenvalue weighted by Gasteiger charge is -2.28. The topological polar surface area (TPSA) is 102 Å². The molecule has 0 aromatic heterocycles. The van der Waals surface area contributed by atoms with Crippen LogP contribution in [-0.2, 0) is 6.61 Å². The molecule has 0 spiro atoms. The minimum absolute atomic E-state index is 0.0318. The lowest BCUT2D eigenvalue weighted by atomic mass is 9.92. The number of primary amides is 1. The van der Waals surface area contributed by atoms with Crippen molar-refractivity contribution in [2.75, 3.05) is 0 Å². The SMILES string of the molecule is Cc1c(OCc2ccc(C(N)=O)cc2)ccc2c1OC(c1ccccc1C#N)CC2=O. The molecule has 1 unspecified atom stereocenters. The van der Waals surface area contributed by atoms with Gasteiger partial charge in [0.2, 0.25) is 5.91 Å². The van der Waals surface area contributed by atoms with Crippen LogP contribution in [0.2, 0.25) is 0 Å². The molecule has 0 fully saturated rings. The Hall–Kier alpha value is -4.11. The zero-order chi connectivity index (χ0) is 22.0. The van der Waals surface area contributed by atoms with Crippen LogP contribution in [0.25, 0.3) is 0 Å². The van der Waals surface area contributed by atoms with E-state index in [0.29, 0.717) is 33.8 Å². The Labute approximate surface area is 179 Å². The van der Waals surface area contributed by atoms with E-state index in [1.165, 1.54) is 0 Å². The second-order valence-electron chi connectivity index (χ2n) is 7.35. The highest BCUT2D eigenvalue weighted by atomic mass is 16.5. The van der Waals surface area contributed by atoms with Crippen LogP contribution in [0, 0.1) is 18.3 Å². The largest absolute Gasteiger partial charge is 0.488 e. The number of hydrogen-bond acceptors (Lipinski definition) is 5. The van der Waals surface area contributed by atoms with Crippen LogP contribution in [0.15, 0.2) is 60.7 Å². The summed E-state index contributed by atoms with van der Waals surface area (Å²) in [5.41, 5.74) is 9.00. The van der Waals surface area contributed by atoms with E-state index < -0.39 is 12.0 Å². The van der Waals surface area contributed by atoms with E-state index in [1.807, 2.05) is 19.1 Å². The second kappa shape index (κ2) is 8.33. The van der Waals surface area contributed by atoms with Gasteiger partial charge < -0.3 is 15.2 Å². The highest BCUT2D eigenvalue weighted by Crippen LogP contribution is 2.41. The zero-order valence-electron chi connectivity index (χ0n) is 16.9. The van der Waals surface area contributed by atoms with E-state index in [-0.39, 0.29) is 18.8 Å². The summed E-state index contributed by atoms with van der Waals surface area (Å²) in [4.78, 5) is 24.0. The Bertz CT molecular complexity index is 1210. The van der Waals surface area contributed by atoms with Gasteiger partial charge in [0.1, 0.15) is 24.2 Å². The number of nitrogens with zero attached hydrogens (tertiary/aromatic N) is 1. The average molecular weight is 412 g/mol. The molecule has 6 heteroatoms. The van der Waals surface area contributed by atoms with Gasteiger partial charge in [0.05, 0.1) is 23.6 Å². The number of amides is 1. The molecule has 0 aliphatic carbocycles. The van der Waals surface area contributed by atoms with Gasteiger partial charge in [-0.15, -0.1) is 0 Å². The molecule has 0 saturated carbocycles. The summed E-state index contributed by atoms with van der Waals surface area (Å²) in [6.07, 6.45) is -0.344. The van der Waals surface area contributed by atoms with Crippen LogP contribution in [0.1, 0.15) is 55.5 Å². The molecule has 6 nitrogen and oxygen atoms in total. The monoisotopic (exact) mass is 412 g/mol. The first-order chi connectivity index (χ1) is 15.0. The summed E-state index contributed by atoms with van der Waals surface area (Å²) in [5.74, 6) is 0.568. The first kappa shape index (κ1) is 20.2. The highest BCUT2D eigenvalue weighted by molar-refractivity contribution is 6.00. The van der Waals surface area contributed by atoms with Gasteiger partial charge in [0.25, 0.3) is 0 Å². The third-order valence-corrected chi connectivity index (χ3v) is 5.35. The number of carbonyl (C=O) groups excluding carboxylic acids is 2. The maximum Gasteiger partial charge on any atom is 0.248 e. The average Bonchev–Trinajstić information content (AvgIpc) is 2.79. The number of nitrogens with two attached hydrogens (primary N) is 1. The summed E-state index contributed by atoms with van der Waals surface area (Å²) < 4.78 is 12.1. The van der Waals surface area contributed by atoms with Crippen molar-refractivity contribution in [3.8, 4) is 17.6 Å². The molecular formula is C25H20N2O4. The van der Waals surface area contributed by atoms with E-state index in [4.69, 9.17) is 15.2 Å². The quantitative estimate of drug-likeness (QED) is 0.675. The van der Waals surface area contributed by atoms with Gasteiger partial charge in [0.15, 0.2) is 5.78 Å². The Morgan fingerprint density at radius 3 is 2.61 bits per heavy atom. The molecule has 1 heterocycles. The van der Waals surface area contributed by atoms with E-state index in [1.54, 1.807) is 48.5 Å². The third-order valence-electron chi connectivity index (χ3n) is 5.35. The smallest absolute Gasteiger partial charge is 0.248 e. The van der Waals surface area contributed by atoms with Gasteiger partial charge in [-0.25, -0.2) is 0 Å². The molecule has 1 atom stereocenters. The minimum atomic E-state index is -0.522. The molecule has 154 valence electrons. The number of benzene rings is 3. The van der Waals surface area contributed by atoms with Crippen LogP contribution in [0.4, 0.5) is 0 Å². The van der Waals surface area contributed by atoms with Crippen molar-refractivity contribution in [3.05, 3.63) is 94.0 Å². The second-order valence-corrected chi connectivity index (χ2v) is 7.35. The van der Waals surface area contributed by atoms with Crippen molar-refractivity contribution >= 4 is 11.7 Å². The lowest BCUT2D eigenvalue weighted by molar-refractivity contribution is 0.0846. The molecule has 3 aromatic rings. The van der Waals surface area contributed by atoms with Gasteiger partial charge in [-0.1, -0.05) is 30.3 Å².